The molecule has 0 aliphatic carbocycles. The van der Waals surface area contributed by atoms with E-state index in [2.05, 4.69) is 4.98 Å². The number of imidazole rings is 1. The first-order valence-electron chi connectivity index (χ1n) is 6.86. The molecule has 3 aromatic rings. The van der Waals surface area contributed by atoms with Crippen LogP contribution in [0, 0.1) is 17.0 Å². The monoisotopic (exact) mass is 315 g/mol. The van der Waals surface area contributed by atoms with Gasteiger partial charge in [-0.05, 0) is 26.0 Å². The Kier molecular flexibility index (Phi) is 3.58. The molecule has 112 valence electrons. The fraction of sp³-hybridized carbons (Fsp3) is 0.188. The smallest absolute Gasteiger partial charge is 0.270 e. The van der Waals surface area contributed by atoms with Crippen molar-refractivity contribution in [2.75, 3.05) is 0 Å². The molecule has 0 N–H and O–H groups in total. The van der Waals surface area contributed by atoms with E-state index in [1.54, 1.807) is 6.07 Å². The molecule has 0 saturated carbocycles. The molecule has 6 heteroatoms. The van der Waals surface area contributed by atoms with Crippen molar-refractivity contribution in [3.63, 3.8) is 0 Å². The molecular formula is C16H14ClN3O2. The van der Waals surface area contributed by atoms with Crippen LogP contribution in [0.3, 0.4) is 0 Å². The SMILES string of the molecule is Cc1cccc2nc(-c3cccc([N+](=O)[O-])c3)c(C(C)Cl)n12. The zero-order chi connectivity index (χ0) is 15.9. The van der Waals surface area contributed by atoms with E-state index in [4.69, 9.17) is 11.6 Å². The van der Waals surface area contributed by atoms with E-state index < -0.39 is 4.92 Å². The van der Waals surface area contributed by atoms with Gasteiger partial charge >= 0.3 is 0 Å². The summed E-state index contributed by atoms with van der Waals surface area (Å²) in [6, 6.07) is 12.3. The summed E-state index contributed by atoms with van der Waals surface area (Å²) in [7, 11) is 0. The number of nitrogens with zero attached hydrogens (tertiary/aromatic N) is 3. The van der Waals surface area contributed by atoms with Crippen LogP contribution in [0.15, 0.2) is 42.5 Å². The second-order valence-electron chi connectivity index (χ2n) is 5.13. The van der Waals surface area contributed by atoms with Crippen molar-refractivity contribution in [3.8, 4) is 11.3 Å². The molecular weight excluding hydrogens is 302 g/mol. The maximum absolute atomic E-state index is 11.0. The summed E-state index contributed by atoms with van der Waals surface area (Å²) >= 11 is 6.36. The van der Waals surface area contributed by atoms with Crippen molar-refractivity contribution in [2.24, 2.45) is 0 Å². The van der Waals surface area contributed by atoms with Crippen LogP contribution in [0.4, 0.5) is 5.69 Å². The topological polar surface area (TPSA) is 60.4 Å². The second kappa shape index (κ2) is 5.42. The quantitative estimate of drug-likeness (QED) is 0.405. The van der Waals surface area contributed by atoms with Gasteiger partial charge < -0.3 is 0 Å². The minimum absolute atomic E-state index is 0.0412. The van der Waals surface area contributed by atoms with Crippen LogP contribution in [0.25, 0.3) is 16.9 Å². The molecule has 0 saturated heterocycles. The molecule has 0 aliphatic rings. The minimum atomic E-state index is -0.408. The molecule has 2 heterocycles. The lowest BCUT2D eigenvalue weighted by molar-refractivity contribution is -0.384. The average molecular weight is 316 g/mol. The zero-order valence-corrected chi connectivity index (χ0v) is 12.9. The number of nitro groups is 1. The summed E-state index contributed by atoms with van der Waals surface area (Å²) in [5, 5.41) is 10.7. The molecule has 3 rings (SSSR count). The van der Waals surface area contributed by atoms with Gasteiger partial charge in [0.2, 0.25) is 0 Å². The van der Waals surface area contributed by atoms with Gasteiger partial charge in [-0.3, -0.25) is 14.5 Å². The lowest BCUT2D eigenvalue weighted by Crippen LogP contribution is -1.98. The van der Waals surface area contributed by atoms with Crippen molar-refractivity contribution >= 4 is 22.9 Å². The number of non-ortho nitro benzene ring substituents is 1. The molecule has 1 aromatic carbocycles. The highest BCUT2D eigenvalue weighted by Crippen LogP contribution is 2.34. The predicted octanol–water partition coefficient (Wildman–Crippen LogP) is 4.52. The lowest BCUT2D eigenvalue weighted by atomic mass is 10.1. The highest BCUT2D eigenvalue weighted by atomic mass is 35.5. The standard InChI is InChI=1S/C16H14ClN3O2/c1-10-5-3-8-14-18-15(16(11(2)17)19(10)14)12-6-4-7-13(9-12)20(21)22/h3-9,11H,1-2H3. The van der Waals surface area contributed by atoms with E-state index in [1.807, 2.05) is 42.5 Å². The second-order valence-corrected chi connectivity index (χ2v) is 5.78. The Labute approximate surface area is 132 Å². The first-order valence-corrected chi connectivity index (χ1v) is 7.29. The molecule has 0 radical (unpaired) electrons. The molecule has 1 unspecified atom stereocenters. The predicted molar refractivity (Wildman–Crippen MR) is 86.3 cm³/mol. The van der Waals surface area contributed by atoms with Crippen LogP contribution in [-0.2, 0) is 0 Å². The Morgan fingerprint density at radius 2 is 2.00 bits per heavy atom. The third-order valence-electron chi connectivity index (χ3n) is 3.58. The summed E-state index contributed by atoms with van der Waals surface area (Å²) in [5.41, 5.74) is 4.06. The Morgan fingerprint density at radius 1 is 1.27 bits per heavy atom. The maximum atomic E-state index is 11.0. The molecule has 0 bridgehead atoms. The normalized spacial score (nSPS) is 12.5. The number of pyridine rings is 1. The number of hydrogen-bond donors (Lipinski definition) is 0. The summed E-state index contributed by atoms with van der Waals surface area (Å²) in [4.78, 5) is 15.2. The van der Waals surface area contributed by atoms with Crippen molar-refractivity contribution < 1.29 is 4.92 Å². The number of benzene rings is 1. The molecule has 0 fully saturated rings. The summed E-state index contributed by atoms with van der Waals surface area (Å²) in [6.07, 6.45) is 0. The number of aromatic nitrogens is 2. The number of nitro benzene ring substituents is 1. The molecule has 0 spiro atoms. The zero-order valence-electron chi connectivity index (χ0n) is 12.2. The fourth-order valence-corrected chi connectivity index (χ4v) is 2.83. The maximum Gasteiger partial charge on any atom is 0.270 e. The van der Waals surface area contributed by atoms with Crippen LogP contribution in [0.5, 0.6) is 0 Å². The van der Waals surface area contributed by atoms with Gasteiger partial charge in [-0.1, -0.05) is 18.2 Å². The van der Waals surface area contributed by atoms with Crippen LogP contribution in [-0.4, -0.2) is 14.3 Å². The van der Waals surface area contributed by atoms with Crippen molar-refractivity contribution in [1.82, 2.24) is 9.38 Å². The van der Waals surface area contributed by atoms with Gasteiger partial charge in [0, 0.05) is 23.4 Å². The molecule has 2 aromatic heterocycles. The van der Waals surface area contributed by atoms with Gasteiger partial charge in [0.25, 0.3) is 5.69 Å². The third-order valence-corrected chi connectivity index (χ3v) is 3.79. The van der Waals surface area contributed by atoms with E-state index in [0.717, 1.165) is 17.0 Å². The molecule has 0 aliphatic heterocycles. The van der Waals surface area contributed by atoms with Gasteiger partial charge in [0.1, 0.15) is 5.65 Å². The van der Waals surface area contributed by atoms with E-state index in [9.17, 15) is 10.1 Å². The number of aryl methyl sites for hydroxylation is 1. The third kappa shape index (κ3) is 2.33. The van der Waals surface area contributed by atoms with Crippen molar-refractivity contribution in [2.45, 2.75) is 19.2 Å². The molecule has 0 amide bonds. The minimum Gasteiger partial charge on any atom is -0.299 e. The van der Waals surface area contributed by atoms with Gasteiger partial charge in [0.15, 0.2) is 0 Å². The van der Waals surface area contributed by atoms with E-state index >= 15 is 0 Å². The summed E-state index contributed by atoms with van der Waals surface area (Å²) in [6.45, 7) is 3.85. The number of hydrogen-bond acceptors (Lipinski definition) is 3. The highest BCUT2D eigenvalue weighted by molar-refractivity contribution is 6.20. The lowest BCUT2D eigenvalue weighted by Gasteiger charge is -2.09. The van der Waals surface area contributed by atoms with E-state index in [0.29, 0.717) is 11.3 Å². The van der Waals surface area contributed by atoms with Crippen LogP contribution in [0.1, 0.15) is 23.7 Å². The summed E-state index contributed by atoms with van der Waals surface area (Å²) < 4.78 is 1.99. The van der Waals surface area contributed by atoms with E-state index in [1.165, 1.54) is 12.1 Å². The Morgan fingerprint density at radius 3 is 2.68 bits per heavy atom. The number of fused-ring (bicyclic) bond motifs is 1. The molecule has 1 atom stereocenters. The van der Waals surface area contributed by atoms with Crippen molar-refractivity contribution in [1.29, 1.82) is 0 Å². The number of alkyl halides is 1. The van der Waals surface area contributed by atoms with Crippen LogP contribution >= 0.6 is 11.6 Å². The Hall–Kier alpha value is -2.40. The number of halogens is 1. The molecule has 22 heavy (non-hydrogen) atoms. The Balaban J connectivity index is 2.31. The van der Waals surface area contributed by atoms with Gasteiger partial charge in [0.05, 0.1) is 21.7 Å². The average Bonchev–Trinajstić information content (AvgIpc) is 2.88. The van der Waals surface area contributed by atoms with Gasteiger partial charge in [-0.15, -0.1) is 11.6 Å². The largest absolute Gasteiger partial charge is 0.299 e. The Bertz CT molecular complexity index is 871. The van der Waals surface area contributed by atoms with Crippen molar-refractivity contribution in [3.05, 3.63) is 64.0 Å². The first kappa shape index (κ1) is 14.5. The summed E-state index contributed by atoms with van der Waals surface area (Å²) in [5.74, 6) is 0. The first-order chi connectivity index (χ1) is 10.5. The highest BCUT2D eigenvalue weighted by Gasteiger charge is 2.20. The number of rotatable bonds is 3. The van der Waals surface area contributed by atoms with E-state index in [-0.39, 0.29) is 11.1 Å². The van der Waals surface area contributed by atoms with Gasteiger partial charge in [-0.25, -0.2) is 4.98 Å². The van der Waals surface area contributed by atoms with Crippen LogP contribution < -0.4 is 0 Å². The van der Waals surface area contributed by atoms with Crippen LogP contribution in [0.2, 0.25) is 0 Å². The van der Waals surface area contributed by atoms with Gasteiger partial charge in [-0.2, -0.15) is 0 Å². The fourth-order valence-electron chi connectivity index (χ4n) is 2.63. The molecule has 5 nitrogen and oxygen atoms in total.